The maximum Gasteiger partial charge on any atom is 0.281 e. The van der Waals surface area contributed by atoms with E-state index in [2.05, 4.69) is 4.98 Å². The maximum atomic E-state index is 13.8. The Labute approximate surface area is 183 Å². The van der Waals surface area contributed by atoms with Crippen LogP contribution >= 0.6 is 0 Å². The van der Waals surface area contributed by atoms with Crippen molar-refractivity contribution in [3.05, 3.63) is 75.2 Å². The van der Waals surface area contributed by atoms with Crippen LogP contribution in [0.2, 0.25) is 0 Å². The first-order valence-corrected chi connectivity index (χ1v) is 10.2. The Bertz CT molecular complexity index is 1240. The number of amides is 2. The third kappa shape index (κ3) is 3.70. The van der Waals surface area contributed by atoms with Crippen LogP contribution < -0.4 is 0 Å². The van der Waals surface area contributed by atoms with Crippen LogP contribution in [0.3, 0.4) is 0 Å². The number of benzene rings is 2. The number of piperazine rings is 1. The zero-order valence-electron chi connectivity index (χ0n) is 18.0. The molecule has 1 aliphatic heterocycles. The number of non-ortho nitro benzene ring substituents is 1. The molecule has 166 valence electrons. The summed E-state index contributed by atoms with van der Waals surface area (Å²) in [6, 6.07) is 8.39. The molecule has 0 bridgehead atoms. The average Bonchev–Trinajstić information content (AvgIpc) is 3.14. The van der Waals surface area contributed by atoms with Crippen molar-refractivity contribution in [2.45, 2.75) is 31.8 Å². The number of nitro groups is 1. The van der Waals surface area contributed by atoms with Gasteiger partial charge in [-0.15, -0.1) is 0 Å². The summed E-state index contributed by atoms with van der Waals surface area (Å²) in [6.45, 7) is 1.97. The molecule has 2 heterocycles. The quantitative estimate of drug-likeness (QED) is 0.489. The third-order valence-corrected chi connectivity index (χ3v) is 6.13. The van der Waals surface area contributed by atoms with Gasteiger partial charge in [-0.3, -0.25) is 19.7 Å². The van der Waals surface area contributed by atoms with Gasteiger partial charge >= 0.3 is 0 Å². The molecule has 0 spiro atoms. The van der Waals surface area contributed by atoms with E-state index < -0.39 is 22.8 Å². The number of nitrogens with zero attached hydrogens (tertiary/aromatic N) is 3. The van der Waals surface area contributed by atoms with Crippen molar-refractivity contribution in [1.82, 2.24) is 14.8 Å². The lowest BCUT2D eigenvalue weighted by atomic mass is 9.95. The molecule has 9 heteroatoms. The molecule has 2 atom stereocenters. The highest BCUT2D eigenvalue weighted by Crippen LogP contribution is 2.32. The number of nitro benzene ring substituents is 1. The molecule has 32 heavy (non-hydrogen) atoms. The number of hydrogen-bond donors (Lipinski definition) is 1. The number of hydrogen-bond acceptors (Lipinski definition) is 4. The van der Waals surface area contributed by atoms with E-state index in [-0.39, 0.29) is 34.8 Å². The molecular formula is C23H23FN4O4. The minimum atomic E-state index is -0.815. The molecule has 0 saturated carbocycles. The first kappa shape index (κ1) is 21.5. The number of rotatable bonds is 5. The summed E-state index contributed by atoms with van der Waals surface area (Å²) in [5.74, 6) is -1.17. The van der Waals surface area contributed by atoms with Gasteiger partial charge in [0, 0.05) is 33.1 Å². The van der Waals surface area contributed by atoms with Gasteiger partial charge in [0.25, 0.3) is 5.69 Å². The molecule has 2 amide bonds. The number of carbonyl (C=O) groups excluding carboxylic acids is 2. The maximum absolute atomic E-state index is 13.8. The Morgan fingerprint density at radius 2 is 1.72 bits per heavy atom. The van der Waals surface area contributed by atoms with Crippen molar-refractivity contribution < 1.29 is 18.9 Å². The van der Waals surface area contributed by atoms with Gasteiger partial charge in [0.05, 0.1) is 21.9 Å². The molecular weight excluding hydrogens is 415 g/mol. The van der Waals surface area contributed by atoms with Crippen molar-refractivity contribution in [2.75, 3.05) is 14.1 Å². The van der Waals surface area contributed by atoms with Gasteiger partial charge in [-0.2, -0.15) is 0 Å². The number of halogens is 1. The van der Waals surface area contributed by atoms with Gasteiger partial charge < -0.3 is 14.8 Å². The van der Waals surface area contributed by atoms with Crippen molar-refractivity contribution in [3.63, 3.8) is 0 Å². The van der Waals surface area contributed by atoms with Gasteiger partial charge in [-0.05, 0) is 24.1 Å². The van der Waals surface area contributed by atoms with E-state index in [1.54, 1.807) is 14.1 Å². The summed E-state index contributed by atoms with van der Waals surface area (Å²) >= 11 is 0. The van der Waals surface area contributed by atoms with Crippen LogP contribution in [0.25, 0.3) is 10.9 Å². The van der Waals surface area contributed by atoms with E-state index in [0.29, 0.717) is 12.0 Å². The average molecular weight is 438 g/mol. The van der Waals surface area contributed by atoms with E-state index >= 15 is 0 Å². The lowest BCUT2D eigenvalue weighted by molar-refractivity contribution is -0.383. The van der Waals surface area contributed by atoms with Crippen molar-refractivity contribution in [3.8, 4) is 0 Å². The SMILES string of the molecule is Cc1cccc(C[C@H]2C(=O)N(C)[C@@H](Cc3c[nH]c4cc(F)cc([N+](=O)[O-])c34)C(=O)N2C)c1. The van der Waals surface area contributed by atoms with Gasteiger partial charge in [0.15, 0.2) is 0 Å². The number of aromatic nitrogens is 1. The zero-order chi connectivity index (χ0) is 23.2. The molecule has 8 nitrogen and oxygen atoms in total. The predicted octanol–water partition coefficient (Wildman–Crippen LogP) is 2.98. The summed E-state index contributed by atoms with van der Waals surface area (Å²) in [7, 11) is 3.18. The van der Waals surface area contributed by atoms with Crippen LogP contribution in [0.5, 0.6) is 0 Å². The highest BCUT2D eigenvalue weighted by molar-refractivity contribution is 5.98. The number of nitrogens with one attached hydrogen (secondary N) is 1. The van der Waals surface area contributed by atoms with E-state index in [1.807, 2.05) is 31.2 Å². The second-order valence-electron chi connectivity index (χ2n) is 8.25. The highest BCUT2D eigenvalue weighted by Gasteiger charge is 2.43. The minimum absolute atomic E-state index is 0.0784. The molecule has 4 rings (SSSR count). The largest absolute Gasteiger partial charge is 0.361 e. The molecule has 2 aromatic carbocycles. The molecule has 1 aromatic heterocycles. The zero-order valence-corrected chi connectivity index (χ0v) is 18.0. The lowest BCUT2D eigenvalue weighted by Gasteiger charge is -2.42. The molecule has 1 N–H and O–H groups in total. The number of aryl methyl sites for hydroxylation is 1. The number of fused-ring (bicyclic) bond motifs is 1. The minimum Gasteiger partial charge on any atom is -0.361 e. The summed E-state index contributed by atoms with van der Waals surface area (Å²) in [6.07, 6.45) is 2.01. The normalized spacial score (nSPS) is 19.1. The van der Waals surface area contributed by atoms with Crippen molar-refractivity contribution >= 4 is 28.4 Å². The molecule has 1 saturated heterocycles. The number of aromatic amines is 1. The van der Waals surface area contributed by atoms with Crippen LogP contribution in [0.15, 0.2) is 42.6 Å². The van der Waals surface area contributed by atoms with E-state index in [0.717, 1.165) is 17.2 Å². The van der Waals surface area contributed by atoms with Crippen molar-refractivity contribution in [2.24, 2.45) is 0 Å². The first-order chi connectivity index (χ1) is 15.2. The number of H-pyrrole nitrogens is 1. The molecule has 3 aromatic rings. The summed E-state index contributed by atoms with van der Waals surface area (Å²) in [4.78, 5) is 42.9. The van der Waals surface area contributed by atoms with Crippen molar-refractivity contribution in [1.29, 1.82) is 0 Å². The third-order valence-electron chi connectivity index (χ3n) is 6.13. The van der Waals surface area contributed by atoms with Crippen LogP contribution in [-0.4, -0.2) is 57.7 Å². The van der Waals surface area contributed by atoms with Gasteiger partial charge in [-0.25, -0.2) is 4.39 Å². The highest BCUT2D eigenvalue weighted by atomic mass is 19.1. The summed E-state index contributed by atoms with van der Waals surface area (Å²) in [5.41, 5.74) is 2.41. The molecule has 1 fully saturated rings. The van der Waals surface area contributed by atoms with Gasteiger partial charge in [0.1, 0.15) is 17.9 Å². The molecule has 1 aliphatic rings. The second kappa shape index (κ2) is 8.07. The molecule has 0 unspecified atom stereocenters. The smallest absolute Gasteiger partial charge is 0.281 e. The molecule has 0 radical (unpaired) electrons. The Balaban J connectivity index is 1.63. The monoisotopic (exact) mass is 438 g/mol. The number of likely N-dealkylation sites (N-methyl/N-ethyl adjacent to an activating group) is 2. The predicted molar refractivity (Wildman–Crippen MR) is 117 cm³/mol. The van der Waals surface area contributed by atoms with Crippen LogP contribution in [-0.2, 0) is 22.4 Å². The Hall–Kier alpha value is -3.75. The van der Waals surface area contributed by atoms with Gasteiger partial charge in [-0.1, -0.05) is 29.8 Å². The summed E-state index contributed by atoms with van der Waals surface area (Å²) in [5, 5.41) is 11.7. The van der Waals surface area contributed by atoms with Crippen LogP contribution in [0.1, 0.15) is 16.7 Å². The van der Waals surface area contributed by atoms with E-state index in [9.17, 15) is 24.1 Å². The van der Waals surface area contributed by atoms with Gasteiger partial charge in [0.2, 0.25) is 11.8 Å². The van der Waals surface area contributed by atoms with Crippen LogP contribution in [0, 0.1) is 22.9 Å². The fraction of sp³-hybridized carbons (Fsp3) is 0.304. The molecule has 0 aliphatic carbocycles. The Kier molecular flexibility index (Phi) is 5.41. The van der Waals surface area contributed by atoms with E-state index in [4.69, 9.17) is 0 Å². The Morgan fingerprint density at radius 1 is 1.06 bits per heavy atom. The summed E-state index contributed by atoms with van der Waals surface area (Å²) < 4.78 is 13.8. The standard InChI is InChI=1S/C23H23FN4O4/c1-13-5-4-6-14(7-13)8-19-22(29)27(3)20(23(30)26(19)2)9-15-12-25-17-10-16(24)11-18(21(15)17)28(31)32/h4-7,10-12,19-20,25H,8-9H2,1-3H3/t19-,20-/m0/s1. The van der Waals surface area contributed by atoms with E-state index in [1.165, 1.54) is 22.1 Å². The Morgan fingerprint density at radius 3 is 2.34 bits per heavy atom. The lowest BCUT2D eigenvalue weighted by Crippen LogP contribution is -2.63. The fourth-order valence-corrected chi connectivity index (χ4v) is 4.41. The first-order valence-electron chi connectivity index (χ1n) is 10.2. The second-order valence-corrected chi connectivity index (χ2v) is 8.25. The number of carbonyl (C=O) groups is 2. The topological polar surface area (TPSA) is 99.5 Å². The van der Waals surface area contributed by atoms with Crippen LogP contribution in [0.4, 0.5) is 10.1 Å². The fourth-order valence-electron chi connectivity index (χ4n) is 4.41.